The zero-order valence-electron chi connectivity index (χ0n) is 20.4. The van der Waals surface area contributed by atoms with E-state index in [0.717, 1.165) is 12.8 Å². The summed E-state index contributed by atoms with van der Waals surface area (Å²) in [6, 6.07) is 10.5. The lowest BCUT2D eigenvalue weighted by atomic mass is 9.90. The van der Waals surface area contributed by atoms with Crippen molar-refractivity contribution >= 4 is 29.5 Å². The van der Waals surface area contributed by atoms with Gasteiger partial charge in [-0.3, -0.25) is 14.4 Å². The van der Waals surface area contributed by atoms with Gasteiger partial charge in [0.1, 0.15) is 5.78 Å². The van der Waals surface area contributed by atoms with E-state index in [2.05, 4.69) is 0 Å². The van der Waals surface area contributed by atoms with Crippen LogP contribution < -0.4 is 18.9 Å². The molecule has 0 aromatic heterocycles. The third-order valence-corrected chi connectivity index (χ3v) is 5.82. The SMILES string of the molecule is COc1ccc(C=CC(=O)C(CC(=O)C2CC2)C(=O)C=Cc2ccc(OC)c(OC)c2)cc1OC. The van der Waals surface area contributed by atoms with Crippen molar-refractivity contribution in [2.75, 3.05) is 28.4 Å². The molecular formula is C28H30O7. The summed E-state index contributed by atoms with van der Waals surface area (Å²) < 4.78 is 21.0. The van der Waals surface area contributed by atoms with Crippen molar-refractivity contribution in [3.8, 4) is 23.0 Å². The van der Waals surface area contributed by atoms with Crippen molar-refractivity contribution in [1.29, 1.82) is 0 Å². The largest absolute Gasteiger partial charge is 0.493 e. The standard InChI is InChI=1S/C28H30O7/c1-32-25-13-7-18(15-27(25)34-3)5-11-22(29)21(17-24(31)20-9-10-20)23(30)12-6-19-8-14-26(33-2)28(16-19)35-4/h5-8,11-16,20-21H,9-10,17H2,1-4H3. The van der Waals surface area contributed by atoms with Crippen LogP contribution in [0.5, 0.6) is 23.0 Å². The summed E-state index contributed by atoms with van der Waals surface area (Å²) >= 11 is 0. The van der Waals surface area contributed by atoms with E-state index in [1.165, 1.54) is 26.4 Å². The quantitative estimate of drug-likeness (QED) is 0.308. The van der Waals surface area contributed by atoms with Crippen LogP contribution in [0.15, 0.2) is 48.6 Å². The molecule has 0 N–H and O–H groups in total. The van der Waals surface area contributed by atoms with Crippen molar-refractivity contribution in [1.82, 2.24) is 0 Å². The van der Waals surface area contributed by atoms with E-state index in [0.29, 0.717) is 34.1 Å². The second-order valence-corrected chi connectivity index (χ2v) is 8.20. The van der Waals surface area contributed by atoms with E-state index in [1.807, 2.05) is 0 Å². The topological polar surface area (TPSA) is 88.1 Å². The Hall–Kier alpha value is -3.87. The number of benzene rings is 2. The number of hydrogen-bond donors (Lipinski definition) is 0. The fourth-order valence-corrected chi connectivity index (χ4v) is 3.62. The van der Waals surface area contributed by atoms with Gasteiger partial charge < -0.3 is 18.9 Å². The van der Waals surface area contributed by atoms with Crippen molar-refractivity contribution in [2.45, 2.75) is 19.3 Å². The van der Waals surface area contributed by atoms with Crippen LogP contribution in [0, 0.1) is 11.8 Å². The van der Waals surface area contributed by atoms with Crippen LogP contribution in [0.3, 0.4) is 0 Å². The molecule has 0 bridgehead atoms. The van der Waals surface area contributed by atoms with E-state index in [1.54, 1.807) is 62.8 Å². The number of allylic oxidation sites excluding steroid dienone is 2. The Morgan fingerprint density at radius 3 is 1.54 bits per heavy atom. The molecular weight excluding hydrogens is 448 g/mol. The van der Waals surface area contributed by atoms with Gasteiger partial charge in [-0.05, 0) is 60.4 Å². The van der Waals surface area contributed by atoms with Gasteiger partial charge in [0.15, 0.2) is 34.6 Å². The minimum Gasteiger partial charge on any atom is -0.493 e. The van der Waals surface area contributed by atoms with E-state index in [4.69, 9.17) is 18.9 Å². The lowest BCUT2D eigenvalue weighted by molar-refractivity contribution is -0.132. The molecule has 1 aliphatic rings. The van der Waals surface area contributed by atoms with Crippen LogP contribution in [0.25, 0.3) is 12.2 Å². The molecule has 0 amide bonds. The number of carbonyl (C=O) groups excluding carboxylic acids is 3. The Kier molecular flexibility index (Phi) is 8.84. The highest BCUT2D eigenvalue weighted by atomic mass is 16.5. The van der Waals surface area contributed by atoms with Crippen molar-refractivity contribution in [3.63, 3.8) is 0 Å². The van der Waals surface area contributed by atoms with Gasteiger partial charge in [0.25, 0.3) is 0 Å². The molecule has 7 nitrogen and oxygen atoms in total. The minimum atomic E-state index is -1.07. The van der Waals surface area contributed by atoms with Gasteiger partial charge in [-0.2, -0.15) is 0 Å². The molecule has 0 aliphatic heterocycles. The number of carbonyl (C=O) groups is 3. The first kappa shape index (κ1) is 25.7. The number of Topliss-reactive ketones (excluding diaryl/α,β-unsaturated/α-hetero) is 1. The van der Waals surface area contributed by atoms with Gasteiger partial charge in [0.2, 0.25) is 0 Å². The van der Waals surface area contributed by atoms with Gasteiger partial charge >= 0.3 is 0 Å². The van der Waals surface area contributed by atoms with E-state index < -0.39 is 17.5 Å². The van der Waals surface area contributed by atoms with Crippen LogP contribution in [-0.4, -0.2) is 45.8 Å². The summed E-state index contributed by atoms with van der Waals surface area (Å²) in [5.74, 6) is 0.188. The molecule has 1 aliphatic carbocycles. The first-order valence-corrected chi connectivity index (χ1v) is 11.3. The lowest BCUT2D eigenvalue weighted by Gasteiger charge is -2.11. The van der Waals surface area contributed by atoms with Crippen LogP contribution in [0.4, 0.5) is 0 Å². The summed E-state index contributed by atoms with van der Waals surface area (Å²) in [5.41, 5.74) is 1.41. The van der Waals surface area contributed by atoms with Gasteiger partial charge in [-0.15, -0.1) is 0 Å². The van der Waals surface area contributed by atoms with E-state index >= 15 is 0 Å². The summed E-state index contributed by atoms with van der Waals surface area (Å²) in [7, 11) is 6.14. The Morgan fingerprint density at radius 2 is 1.17 bits per heavy atom. The molecule has 0 heterocycles. The van der Waals surface area contributed by atoms with Gasteiger partial charge in [0.05, 0.1) is 34.4 Å². The lowest BCUT2D eigenvalue weighted by Crippen LogP contribution is -2.25. The van der Waals surface area contributed by atoms with Gasteiger partial charge in [-0.25, -0.2) is 0 Å². The summed E-state index contributed by atoms with van der Waals surface area (Å²) in [6.07, 6.45) is 7.42. The monoisotopic (exact) mass is 478 g/mol. The fraction of sp³-hybridized carbons (Fsp3) is 0.321. The highest BCUT2D eigenvalue weighted by Gasteiger charge is 2.34. The zero-order valence-corrected chi connectivity index (χ0v) is 20.4. The number of methoxy groups -OCH3 is 4. The summed E-state index contributed by atoms with van der Waals surface area (Å²) in [4.78, 5) is 38.5. The molecule has 2 aromatic rings. The Labute approximate surface area is 205 Å². The maximum atomic E-state index is 13.0. The average molecular weight is 479 g/mol. The van der Waals surface area contributed by atoms with Crippen molar-refractivity contribution in [2.24, 2.45) is 11.8 Å². The fourth-order valence-electron chi connectivity index (χ4n) is 3.62. The Morgan fingerprint density at radius 1 is 0.743 bits per heavy atom. The normalized spacial score (nSPS) is 14.1. The predicted molar refractivity (Wildman–Crippen MR) is 133 cm³/mol. The molecule has 0 radical (unpaired) electrons. The summed E-state index contributed by atoms with van der Waals surface area (Å²) in [6.45, 7) is 0. The predicted octanol–water partition coefficient (Wildman–Crippen LogP) is 4.57. The number of hydrogen-bond acceptors (Lipinski definition) is 7. The minimum absolute atomic E-state index is 0.0391. The Bertz CT molecular complexity index is 1060. The molecule has 35 heavy (non-hydrogen) atoms. The molecule has 0 unspecified atom stereocenters. The maximum Gasteiger partial charge on any atom is 0.166 e. The second-order valence-electron chi connectivity index (χ2n) is 8.20. The van der Waals surface area contributed by atoms with Crippen LogP contribution in [0.1, 0.15) is 30.4 Å². The van der Waals surface area contributed by atoms with Gasteiger partial charge in [0, 0.05) is 12.3 Å². The van der Waals surface area contributed by atoms with Crippen LogP contribution >= 0.6 is 0 Å². The first-order chi connectivity index (χ1) is 16.9. The summed E-state index contributed by atoms with van der Waals surface area (Å²) in [5, 5.41) is 0. The smallest absolute Gasteiger partial charge is 0.166 e. The third kappa shape index (κ3) is 6.82. The molecule has 1 saturated carbocycles. The molecule has 1 fully saturated rings. The highest BCUT2D eigenvalue weighted by molar-refractivity contribution is 6.15. The zero-order chi connectivity index (χ0) is 25.4. The maximum absolute atomic E-state index is 13.0. The van der Waals surface area contributed by atoms with Crippen LogP contribution in [0.2, 0.25) is 0 Å². The molecule has 0 saturated heterocycles. The highest BCUT2D eigenvalue weighted by Crippen LogP contribution is 2.33. The molecule has 7 heteroatoms. The van der Waals surface area contributed by atoms with E-state index in [-0.39, 0.29) is 18.1 Å². The number of rotatable bonds is 13. The number of ketones is 3. The van der Waals surface area contributed by atoms with Gasteiger partial charge in [-0.1, -0.05) is 24.3 Å². The van der Waals surface area contributed by atoms with Crippen LogP contribution in [-0.2, 0) is 14.4 Å². The molecule has 0 atom stereocenters. The average Bonchev–Trinajstić information content (AvgIpc) is 3.74. The molecule has 3 rings (SSSR count). The molecule has 2 aromatic carbocycles. The van der Waals surface area contributed by atoms with Crippen molar-refractivity contribution < 1.29 is 33.3 Å². The van der Waals surface area contributed by atoms with E-state index in [9.17, 15) is 14.4 Å². The Balaban J connectivity index is 1.79. The van der Waals surface area contributed by atoms with Crippen molar-refractivity contribution in [3.05, 3.63) is 59.7 Å². The number of ether oxygens (including phenoxy) is 4. The first-order valence-electron chi connectivity index (χ1n) is 11.3. The third-order valence-electron chi connectivity index (χ3n) is 5.82. The second kappa shape index (κ2) is 12.0. The molecule has 184 valence electrons. The molecule has 0 spiro atoms.